The van der Waals surface area contributed by atoms with Crippen molar-refractivity contribution in [1.29, 1.82) is 0 Å². The van der Waals surface area contributed by atoms with Crippen molar-refractivity contribution < 1.29 is 19.0 Å². The molecule has 170 valence electrons. The lowest BCUT2D eigenvalue weighted by molar-refractivity contribution is -0.120. The van der Waals surface area contributed by atoms with Crippen molar-refractivity contribution in [3.8, 4) is 11.5 Å². The lowest BCUT2D eigenvalue weighted by atomic mass is 10.1. The highest BCUT2D eigenvalue weighted by atomic mass is 32.1. The van der Waals surface area contributed by atoms with Crippen LogP contribution in [0.4, 0.5) is 5.13 Å². The van der Waals surface area contributed by atoms with Crippen LogP contribution in [0.15, 0.2) is 36.4 Å². The van der Waals surface area contributed by atoms with Gasteiger partial charge in [-0.3, -0.25) is 14.6 Å². The van der Waals surface area contributed by atoms with Crippen molar-refractivity contribution in [2.24, 2.45) is 0 Å². The number of thiazole rings is 1. The van der Waals surface area contributed by atoms with Gasteiger partial charge in [0.15, 0.2) is 11.7 Å². The minimum Gasteiger partial charge on any atom is -0.497 e. The molecule has 3 aromatic rings. The molecule has 32 heavy (non-hydrogen) atoms. The summed E-state index contributed by atoms with van der Waals surface area (Å²) in [7, 11) is 1.61. The number of hydrogen-bond donors (Lipinski definition) is 0. The number of carbonyl (C=O) groups excluding carboxylic acids is 1. The van der Waals surface area contributed by atoms with Gasteiger partial charge in [0, 0.05) is 32.2 Å². The maximum atomic E-state index is 13.3. The minimum absolute atomic E-state index is 0.0653. The normalized spacial score (nSPS) is 14.5. The van der Waals surface area contributed by atoms with Crippen LogP contribution in [-0.4, -0.2) is 68.9 Å². The topological polar surface area (TPSA) is 64.1 Å². The Morgan fingerprint density at radius 2 is 1.97 bits per heavy atom. The first-order chi connectivity index (χ1) is 15.5. The fraction of sp³-hybridized carbons (Fsp3) is 0.417. The molecule has 8 heteroatoms. The number of nitrogens with zero attached hydrogens (tertiary/aromatic N) is 3. The summed E-state index contributed by atoms with van der Waals surface area (Å²) >= 11 is 1.56. The largest absolute Gasteiger partial charge is 0.497 e. The number of carbonyl (C=O) groups is 1. The predicted molar refractivity (Wildman–Crippen MR) is 127 cm³/mol. The Morgan fingerprint density at radius 3 is 2.75 bits per heavy atom. The van der Waals surface area contributed by atoms with Crippen molar-refractivity contribution >= 4 is 32.6 Å². The monoisotopic (exact) mass is 455 g/mol. The predicted octanol–water partition coefficient (Wildman–Crippen LogP) is 3.67. The maximum absolute atomic E-state index is 13.3. The summed E-state index contributed by atoms with van der Waals surface area (Å²) in [5.74, 6) is 1.17. The van der Waals surface area contributed by atoms with Gasteiger partial charge in [-0.25, -0.2) is 4.98 Å². The van der Waals surface area contributed by atoms with E-state index in [9.17, 15) is 4.79 Å². The van der Waals surface area contributed by atoms with Crippen LogP contribution < -0.4 is 14.4 Å². The van der Waals surface area contributed by atoms with Gasteiger partial charge in [-0.1, -0.05) is 23.5 Å². The zero-order valence-corrected chi connectivity index (χ0v) is 19.6. The van der Waals surface area contributed by atoms with Crippen LogP contribution in [0.25, 0.3) is 10.2 Å². The van der Waals surface area contributed by atoms with Crippen LogP contribution in [0.1, 0.15) is 11.1 Å². The average Bonchev–Trinajstić information content (AvgIpc) is 3.22. The molecule has 7 nitrogen and oxygen atoms in total. The van der Waals surface area contributed by atoms with E-state index in [1.807, 2.05) is 18.2 Å². The first-order valence-electron chi connectivity index (χ1n) is 10.8. The summed E-state index contributed by atoms with van der Waals surface area (Å²) in [4.78, 5) is 22.1. The average molecular weight is 456 g/mol. The zero-order chi connectivity index (χ0) is 22.5. The SMILES string of the molecule is COc1cccc(OCC(=O)N(CCN2CCOCC2)c2nc3cc(C)cc(C)c3s2)c1. The summed E-state index contributed by atoms with van der Waals surface area (Å²) in [6.45, 7) is 8.61. The fourth-order valence-corrected chi connectivity index (χ4v) is 4.85. The van der Waals surface area contributed by atoms with Gasteiger partial charge in [-0.05, 0) is 43.2 Å². The summed E-state index contributed by atoms with van der Waals surface area (Å²) in [5.41, 5.74) is 3.27. The highest BCUT2D eigenvalue weighted by Gasteiger charge is 2.22. The molecule has 2 heterocycles. The van der Waals surface area contributed by atoms with E-state index >= 15 is 0 Å². The van der Waals surface area contributed by atoms with Crippen molar-refractivity contribution in [2.45, 2.75) is 13.8 Å². The van der Waals surface area contributed by atoms with Gasteiger partial charge < -0.3 is 14.2 Å². The lowest BCUT2D eigenvalue weighted by Crippen LogP contribution is -2.44. The molecule has 0 spiro atoms. The summed E-state index contributed by atoms with van der Waals surface area (Å²) in [5, 5.41) is 0.709. The third-order valence-corrected chi connectivity index (χ3v) is 6.72. The molecule has 1 fully saturated rings. The van der Waals surface area contributed by atoms with Crippen LogP contribution in [0, 0.1) is 13.8 Å². The molecule has 0 unspecified atom stereocenters. The standard InChI is InChI=1S/C24H29N3O4S/c1-17-13-18(2)23-21(14-17)25-24(32-23)27(8-7-26-9-11-30-12-10-26)22(28)16-31-20-6-4-5-19(15-20)29-3/h4-6,13-15H,7-12,16H2,1-3H3. The van der Waals surface area contributed by atoms with E-state index in [0.29, 0.717) is 23.2 Å². The number of aryl methyl sites for hydroxylation is 2. The van der Waals surface area contributed by atoms with Crippen molar-refractivity contribution in [3.05, 3.63) is 47.5 Å². The first-order valence-corrected chi connectivity index (χ1v) is 11.6. The first kappa shape index (κ1) is 22.5. The molecular weight excluding hydrogens is 426 g/mol. The van der Waals surface area contributed by atoms with Gasteiger partial charge in [0.1, 0.15) is 11.5 Å². The summed E-state index contributed by atoms with van der Waals surface area (Å²) in [6.07, 6.45) is 0. The number of rotatable bonds is 8. The van der Waals surface area contributed by atoms with Gasteiger partial charge in [0.2, 0.25) is 0 Å². The molecular formula is C24H29N3O4S. The second-order valence-electron chi connectivity index (χ2n) is 7.89. The number of aromatic nitrogens is 1. The van der Waals surface area contributed by atoms with E-state index in [4.69, 9.17) is 19.2 Å². The molecule has 0 bridgehead atoms. The van der Waals surface area contributed by atoms with Crippen LogP contribution in [-0.2, 0) is 9.53 Å². The Balaban J connectivity index is 1.53. The van der Waals surface area contributed by atoms with Gasteiger partial charge in [0.05, 0.1) is 30.5 Å². The van der Waals surface area contributed by atoms with Crippen LogP contribution in [0.5, 0.6) is 11.5 Å². The second-order valence-corrected chi connectivity index (χ2v) is 8.87. The van der Waals surface area contributed by atoms with E-state index in [-0.39, 0.29) is 12.5 Å². The third kappa shape index (κ3) is 5.38. The Hall–Kier alpha value is -2.68. The molecule has 2 aromatic carbocycles. The molecule has 0 saturated carbocycles. The second kappa shape index (κ2) is 10.3. The highest BCUT2D eigenvalue weighted by Crippen LogP contribution is 2.32. The molecule has 1 aliphatic rings. The van der Waals surface area contributed by atoms with Gasteiger partial charge in [0.25, 0.3) is 5.91 Å². The maximum Gasteiger partial charge on any atom is 0.266 e. The molecule has 1 aromatic heterocycles. The smallest absolute Gasteiger partial charge is 0.266 e. The number of hydrogen-bond acceptors (Lipinski definition) is 7. The molecule has 4 rings (SSSR count). The van der Waals surface area contributed by atoms with E-state index in [2.05, 4.69) is 30.9 Å². The number of benzene rings is 2. The van der Waals surface area contributed by atoms with E-state index in [1.54, 1.807) is 29.4 Å². The van der Waals surface area contributed by atoms with E-state index in [0.717, 1.165) is 43.1 Å². The summed E-state index contributed by atoms with van der Waals surface area (Å²) < 4.78 is 17.6. The Kier molecular flexibility index (Phi) is 7.24. The van der Waals surface area contributed by atoms with E-state index < -0.39 is 0 Å². The minimum atomic E-state index is -0.116. The number of anilines is 1. The fourth-order valence-electron chi connectivity index (χ4n) is 3.79. The van der Waals surface area contributed by atoms with Crippen molar-refractivity contribution in [2.75, 3.05) is 58.0 Å². The number of methoxy groups -OCH3 is 1. The quantitative estimate of drug-likeness (QED) is 0.517. The molecule has 0 aliphatic carbocycles. The van der Waals surface area contributed by atoms with Crippen LogP contribution in [0.3, 0.4) is 0 Å². The van der Waals surface area contributed by atoms with Gasteiger partial charge >= 0.3 is 0 Å². The van der Waals surface area contributed by atoms with Crippen molar-refractivity contribution in [1.82, 2.24) is 9.88 Å². The molecule has 0 N–H and O–H groups in total. The van der Waals surface area contributed by atoms with E-state index in [1.165, 1.54) is 11.1 Å². The van der Waals surface area contributed by atoms with Crippen LogP contribution >= 0.6 is 11.3 Å². The Morgan fingerprint density at radius 1 is 1.19 bits per heavy atom. The number of amides is 1. The third-order valence-electron chi connectivity index (χ3n) is 5.49. The number of fused-ring (bicyclic) bond motifs is 1. The Bertz CT molecular complexity index is 1080. The van der Waals surface area contributed by atoms with Gasteiger partial charge in [-0.2, -0.15) is 0 Å². The molecule has 0 atom stereocenters. The molecule has 1 amide bonds. The van der Waals surface area contributed by atoms with Crippen molar-refractivity contribution in [3.63, 3.8) is 0 Å². The summed E-state index contributed by atoms with van der Waals surface area (Å²) in [6, 6.07) is 11.5. The molecule has 1 aliphatic heterocycles. The molecule has 0 radical (unpaired) electrons. The lowest BCUT2D eigenvalue weighted by Gasteiger charge is -2.29. The Labute approximate surface area is 192 Å². The zero-order valence-electron chi connectivity index (χ0n) is 18.8. The van der Waals surface area contributed by atoms with Crippen LogP contribution in [0.2, 0.25) is 0 Å². The number of ether oxygens (including phenoxy) is 3. The van der Waals surface area contributed by atoms with Gasteiger partial charge in [-0.15, -0.1) is 0 Å². The molecule has 1 saturated heterocycles. The highest BCUT2D eigenvalue weighted by molar-refractivity contribution is 7.22. The number of morpholine rings is 1.